The number of aryl methyl sites for hydroxylation is 1. The number of benzene rings is 3. The largest absolute Gasteiger partial charge is 0.489 e. The zero-order chi connectivity index (χ0) is 24.2. The Morgan fingerprint density at radius 1 is 0.818 bits per heavy atom. The van der Waals surface area contributed by atoms with Crippen molar-refractivity contribution in [1.82, 2.24) is 0 Å². The van der Waals surface area contributed by atoms with Gasteiger partial charge >= 0.3 is 6.18 Å². The van der Waals surface area contributed by atoms with Crippen LogP contribution in [0.15, 0.2) is 48.5 Å². The van der Waals surface area contributed by atoms with Crippen molar-refractivity contribution in [3.63, 3.8) is 0 Å². The molecule has 33 heavy (non-hydrogen) atoms. The molecule has 0 spiro atoms. The molecule has 0 N–H and O–H groups in total. The molecular formula is C25H17F7O. The molecule has 0 atom stereocenters. The van der Waals surface area contributed by atoms with Crippen LogP contribution in [-0.4, -0.2) is 6.18 Å². The van der Waals surface area contributed by atoms with Gasteiger partial charge in [-0.2, -0.15) is 13.2 Å². The molecule has 0 heterocycles. The summed E-state index contributed by atoms with van der Waals surface area (Å²) in [4.78, 5) is 0. The minimum absolute atomic E-state index is 0.0310. The van der Waals surface area contributed by atoms with Crippen molar-refractivity contribution < 1.29 is 35.5 Å². The van der Waals surface area contributed by atoms with Crippen molar-refractivity contribution in [2.45, 2.75) is 32.5 Å². The third-order valence-corrected chi connectivity index (χ3v) is 4.68. The molecule has 0 amide bonds. The Labute approximate surface area is 185 Å². The number of hydrogen-bond donors (Lipinski definition) is 0. The second-order valence-electron chi connectivity index (χ2n) is 7.17. The van der Waals surface area contributed by atoms with Crippen LogP contribution in [0.2, 0.25) is 0 Å². The summed E-state index contributed by atoms with van der Waals surface area (Å²) in [5, 5.41) is 0. The number of halogens is 7. The summed E-state index contributed by atoms with van der Waals surface area (Å²) in [6, 6.07) is 10.00. The Bertz CT molecular complexity index is 1200. The van der Waals surface area contributed by atoms with E-state index in [1.165, 1.54) is 24.1 Å². The predicted octanol–water partition coefficient (Wildman–Crippen LogP) is 7.36. The lowest BCUT2D eigenvalue weighted by molar-refractivity contribution is -0.0696. The first kappa shape index (κ1) is 24.2. The summed E-state index contributed by atoms with van der Waals surface area (Å²) in [5.74, 6) is -2.07. The molecule has 3 rings (SSSR count). The Morgan fingerprint density at radius 3 is 2.09 bits per heavy atom. The summed E-state index contributed by atoms with van der Waals surface area (Å²) in [5.41, 5.74) is 0.340. The van der Waals surface area contributed by atoms with E-state index < -0.39 is 41.6 Å². The molecule has 172 valence electrons. The van der Waals surface area contributed by atoms with Crippen LogP contribution in [0.5, 0.6) is 5.75 Å². The molecule has 0 unspecified atom stereocenters. The molecule has 1 nitrogen and oxygen atoms in total. The van der Waals surface area contributed by atoms with E-state index in [1.807, 2.05) is 6.92 Å². The van der Waals surface area contributed by atoms with Gasteiger partial charge in [-0.1, -0.05) is 43.5 Å². The van der Waals surface area contributed by atoms with Crippen molar-refractivity contribution in [3.8, 4) is 28.7 Å². The quantitative estimate of drug-likeness (QED) is 0.273. The van der Waals surface area contributed by atoms with Gasteiger partial charge in [0.2, 0.25) is 0 Å². The van der Waals surface area contributed by atoms with Crippen molar-refractivity contribution in [3.05, 3.63) is 88.5 Å². The van der Waals surface area contributed by atoms with Crippen LogP contribution in [0.3, 0.4) is 0 Å². The van der Waals surface area contributed by atoms with Crippen LogP contribution in [-0.2, 0) is 13.0 Å². The highest BCUT2D eigenvalue weighted by Crippen LogP contribution is 2.27. The molecule has 0 bridgehead atoms. The van der Waals surface area contributed by atoms with Gasteiger partial charge in [0.1, 0.15) is 35.6 Å². The molecule has 0 saturated heterocycles. The molecule has 0 saturated carbocycles. The second kappa shape index (κ2) is 9.99. The van der Waals surface area contributed by atoms with Crippen LogP contribution < -0.4 is 4.74 Å². The van der Waals surface area contributed by atoms with E-state index >= 15 is 0 Å². The van der Waals surface area contributed by atoms with Crippen molar-refractivity contribution >= 4 is 0 Å². The van der Waals surface area contributed by atoms with Crippen LogP contribution in [0.4, 0.5) is 30.7 Å². The third kappa shape index (κ3) is 6.28. The van der Waals surface area contributed by atoms with Gasteiger partial charge in [0, 0.05) is 29.2 Å². The molecule has 8 heteroatoms. The highest BCUT2D eigenvalue weighted by Gasteiger charge is 2.23. The van der Waals surface area contributed by atoms with Gasteiger partial charge in [0.25, 0.3) is 0 Å². The van der Waals surface area contributed by atoms with Crippen LogP contribution in [0.1, 0.15) is 30.0 Å². The monoisotopic (exact) mass is 466 g/mol. The van der Waals surface area contributed by atoms with Gasteiger partial charge in [-0.15, -0.1) is 0 Å². The lowest BCUT2D eigenvalue weighted by Crippen LogP contribution is -2.03. The maximum atomic E-state index is 14.5. The third-order valence-electron chi connectivity index (χ3n) is 4.68. The van der Waals surface area contributed by atoms with Crippen molar-refractivity contribution in [2.24, 2.45) is 0 Å². The Kier molecular flexibility index (Phi) is 7.32. The van der Waals surface area contributed by atoms with Crippen molar-refractivity contribution in [1.29, 1.82) is 0 Å². The first-order valence-corrected chi connectivity index (χ1v) is 9.86. The van der Waals surface area contributed by atoms with E-state index in [2.05, 4.69) is 0 Å². The lowest BCUT2D eigenvalue weighted by Gasteiger charge is -2.11. The standard InChI is InChI=1S/C25H17F7O/c1-2-3-15-4-7-19(22(27)10-15)16-5-6-17(21(26)11-16)14-33-18-12-23(28)20(24(29)13-18)8-9-25(30,31)32/h4-7,10-13H,2-3,14H2,1H3. The average molecular weight is 466 g/mol. The highest BCUT2D eigenvalue weighted by molar-refractivity contribution is 5.65. The Balaban J connectivity index is 1.76. The molecule has 0 aliphatic heterocycles. The number of ether oxygens (including phenoxy) is 1. The second-order valence-corrected chi connectivity index (χ2v) is 7.17. The number of hydrogen-bond acceptors (Lipinski definition) is 1. The Morgan fingerprint density at radius 2 is 1.52 bits per heavy atom. The van der Waals surface area contributed by atoms with Crippen molar-refractivity contribution in [2.75, 3.05) is 0 Å². The lowest BCUT2D eigenvalue weighted by atomic mass is 10.00. The van der Waals surface area contributed by atoms with Crippen LogP contribution in [0, 0.1) is 35.1 Å². The number of rotatable bonds is 6. The fraction of sp³-hybridized carbons (Fsp3) is 0.200. The van der Waals surface area contributed by atoms with Crippen LogP contribution >= 0.6 is 0 Å². The minimum atomic E-state index is -4.90. The van der Waals surface area contributed by atoms with E-state index in [0.717, 1.165) is 30.4 Å². The fourth-order valence-electron chi connectivity index (χ4n) is 3.12. The zero-order valence-electron chi connectivity index (χ0n) is 17.3. The maximum Gasteiger partial charge on any atom is 0.458 e. The zero-order valence-corrected chi connectivity index (χ0v) is 17.3. The van der Waals surface area contributed by atoms with Gasteiger partial charge in [-0.25, -0.2) is 17.6 Å². The molecule has 3 aromatic carbocycles. The maximum absolute atomic E-state index is 14.5. The molecular weight excluding hydrogens is 449 g/mol. The van der Waals surface area contributed by atoms with E-state index in [1.54, 1.807) is 12.1 Å². The van der Waals surface area contributed by atoms with Gasteiger partial charge < -0.3 is 4.74 Å². The van der Waals surface area contributed by atoms with Gasteiger partial charge in [-0.05, 0) is 29.7 Å². The molecule has 0 fully saturated rings. The fourth-order valence-corrected chi connectivity index (χ4v) is 3.12. The predicted molar refractivity (Wildman–Crippen MR) is 109 cm³/mol. The smallest absolute Gasteiger partial charge is 0.458 e. The van der Waals surface area contributed by atoms with E-state index in [9.17, 15) is 30.7 Å². The van der Waals surface area contributed by atoms with Gasteiger partial charge in [0.05, 0.1) is 5.56 Å². The molecule has 0 radical (unpaired) electrons. The first-order valence-electron chi connectivity index (χ1n) is 9.86. The highest BCUT2D eigenvalue weighted by atomic mass is 19.4. The normalized spacial score (nSPS) is 11.2. The Hall–Kier alpha value is -3.47. The summed E-state index contributed by atoms with van der Waals surface area (Å²) in [6.45, 7) is 1.55. The minimum Gasteiger partial charge on any atom is -0.489 e. The van der Waals surface area contributed by atoms with Gasteiger partial charge in [-0.3, -0.25) is 0 Å². The average Bonchev–Trinajstić information content (AvgIpc) is 2.72. The van der Waals surface area contributed by atoms with Crippen LogP contribution in [0.25, 0.3) is 11.1 Å². The van der Waals surface area contributed by atoms with E-state index in [0.29, 0.717) is 17.7 Å². The molecule has 0 aliphatic rings. The van der Waals surface area contributed by atoms with E-state index in [4.69, 9.17) is 4.74 Å². The number of alkyl halides is 3. The summed E-state index contributed by atoms with van der Waals surface area (Å²) in [7, 11) is 0. The summed E-state index contributed by atoms with van der Waals surface area (Å²) >= 11 is 0. The molecule has 0 aromatic heterocycles. The first-order chi connectivity index (χ1) is 15.6. The summed E-state index contributed by atoms with van der Waals surface area (Å²) < 4.78 is 98.4. The van der Waals surface area contributed by atoms with Gasteiger partial charge in [0.15, 0.2) is 0 Å². The summed E-state index contributed by atoms with van der Waals surface area (Å²) in [6.07, 6.45) is -3.32. The molecule has 3 aromatic rings. The molecule has 0 aliphatic carbocycles. The topological polar surface area (TPSA) is 9.23 Å². The SMILES string of the molecule is CCCc1ccc(-c2ccc(COc3cc(F)c(C#CC(F)(F)F)c(F)c3)c(F)c2)c(F)c1. The van der Waals surface area contributed by atoms with E-state index in [-0.39, 0.29) is 16.9 Å².